The number of alkyl halides is 3. The number of amides is 2. The molecule has 3 aromatic rings. The molecule has 0 unspecified atom stereocenters. The van der Waals surface area contributed by atoms with Gasteiger partial charge in [0, 0.05) is 37.6 Å². The van der Waals surface area contributed by atoms with E-state index in [9.17, 15) is 22.8 Å². The van der Waals surface area contributed by atoms with Gasteiger partial charge in [0.05, 0.1) is 11.1 Å². The first-order valence-electron chi connectivity index (χ1n) is 11.1. The summed E-state index contributed by atoms with van der Waals surface area (Å²) >= 11 is 0. The standard InChI is InChI=1S/C26H24F3N3O3/c27-26(28,29)19-7-6-10-21(17-19)31-13-15-32(16-14-31)24(33)18-35-23-12-5-4-11-22(23)25(34)30-20-8-2-1-3-9-20/h1-12,17H,13-16,18H2,(H,30,34). The number of anilines is 2. The molecule has 182 valence electrons. The SMILES string of the molecule is O=C(Nc1ccccc1)c1ccccc1OCC(=O)N1CCN(c2cccc(C(F)(F)F)c2)CC1. The number of carbonyl (C=O) groups is 2. The molecule has 1 saturated heterocycles. The normalized spacial score (nSPS) is 13.9. The van der Waals surface area contributed by atoms with Gasteiger partial charge in [0.25, 0.3) is 11.8 Å². The summed E-state index contributed by atoms with van der Waals surface area (Å²) in [7, 11) is 0. The number of benzene rings is 3. The smallest absolute Gasteiger partial charge is 0.416 e. The molecule has 0 spiro atoms. The van der Waals surface area contributed by atoms with E-state index < -0.39 is 11.7 Å². The molecule has 1 N–H and O–H groups in total. The Morgan fingerprint density at radius 2 is 1.54 bits per heavy atom. The van der Waals surface area contributed by atoms with Gasteiger partial charge in [-0.2, -0.15) is 13.2 Å². The Morgan fingerprint density at radius 3 is 2.26 bits per heavy atom. The molecule has 0 atom stereocenters. The van der Waals surface area contributed by atoms with Gasteiger partial charge in [0.2, 0.25) is 0 Å². The highest BCUT2D eigenvalue weighted by Gasteiger charge is 2.31. The molecule has 6 nitrogen and oxygen atoms in total. The Labute approximate surface area is 200 Å². The second kappa shape index (κ2) is 10.5. The van der Waals surface area contributed by atoms with Gasteiger partial charge in [0.15, 0.2) is 6.61 Å². The van der Waals surface area contributed by atoms with Crippen LogP contribution in [-0.4, -0.2) is 49.5 Å². The maximum absolute atomic E-state index is 13.0. The topological polar surface area (TPSA) is 61.9 Å². The Hall–Kier alpha value is -4.01. The van der Waals surface area contributed by atoms with Gasteiger partial charge >= 0.3 is 6.18 Å². The second-order valence-electron chi connectivity index (χ2n) is 8.02. The molecule has 35 heavy (non-hydrogen) atoms. The molecule has 0 aliphatic carbocycles. The number of hydrogen-bond acceptors (Lipinski definition) is 4. The van der Waals surface area contributed by atoms with Crippen molar-refractivity contribution in [3.05, 3.63) is 90.0 Å². The van der Waals surface area contributed by atoms with Gasteiger partial charge in [-0.25, -0.2) is 0 Å². The molecule has 1 aliphatic heterocycles. The summed E-state index contributed by atoms with van der Waals surface area (Å²) in [6, 6.07) is 20.8. The van der Waals surface area contributed by atoms with Crippen LogP contribution in [0.4, 0.5) is 24.5 Å². The van der Waals surface area contributed by atoms with E-state index in [1.54, 1.807) is 47.4 Å². The number of para-hydroxylation sites is 2. The van der Waals surface area contributed by atoms with Crippen molar-refractivity contribution in [2.75, 3.05) is 43.0 Å². The van der Waals surface area contributed by atoms with Crippen molar-refractivity contribution in [2.24, 2.45) is 0 Å². The van der Waals surface area contributed by atoms with Crippen LogP contribution in [0.15, 0.2) is 78.9 Å². The number of rotatable bonds is 6. The average molecular weight is 483 g/mol. The van der Waals surface area contributed by atoms with Crippen molar-refractivity contribution in [2.45, 2.75) is 6.18 Å². The fourth-order valence-corrected chi connectivity index (χ4v) is 3.82. The minimum absolute atomic E-state index is 0.251. The summed E-state index contributed by atoms with van der Waals surface area (Å²) in [6.45, 7) is 1.27. The van der Waals surface area contributed by atoms with Gasteiger partial charge < -0.3 is 19.9 Å². The first-order chi connectivity index (χ1) is 16.8. The van der Waals surface area contributed by atoms with Gasteiger partial charge in [-0.3, -0.25) is 9.59 Å². The molecule has 0 saturated carbocycles. The number of halogens is 3. The van der Waals surface area contributed by atoms with Crippen LogP contribution in [0.25, 0.3) is 0 Å². The zero-order valence-electron chi connectivity index (χ0n) is 18.8. The van der Waals surface area contributed by atoms with Crippen LogP contribution < -0.4 is 15.0 Å². The molecule has 1 fully saturated rings. The Kier molecular flexibility index (Phi) is 7.24. The van der Waals surface area contributed by atoms with E-state index >= 15 is 0 Å². The Balaban J connectivity index is 1.32. The lowest BCUT2D eigenvalue weighted by molar-refractivity contribution is -0.137. The second-order valence-corrected chi connectivity index (χ2v) is 8.02. The van der Waals surface area contributed by atoms with E-state index in [4.69, 9.17) is 4.74 Å². The molecule has 4 rings (SSSR count). The van der Waals surface area contributed by atoms with Crippen LogP contribution in [0.5, 0.6) is 5.75 Å². The third-order valence-electron chi connectivity index (χ3n) is 5.69. The zero-order valence-corrected chi connectivity index (χ0v) is 18.8. The highest BCUT2D eigenvalue weighted by atomic mass is 19.4. The molecule has 1 heterocycles. The van der Waals surface area contributed by atoms with E-state index in [0.29, 0.717) is 43.1 Å². The largest absolute Gasteiger partial charge is 0.483 e. The van der Waals surface area contributed by atoms with Gasteiger partial charge in [-0.15, -0.1) is 0 Å². The number of carbonyl (C=O) groups excluding carboxylic acids is 2. The summed E-state index contributed by atoms with van der Waals surface area (Å²) in [5.41, 5.74) is 0.721. The average Bonchev–Trinajstić information content (AvgIpc) is 2.87. The minimum atomic E-state index is -4.40. The van der Waals surface area contributed by atoms with Crippen LogP contribution in [0.3, 0.4) is 0 Å². The predicted octanol–water partition coefficient (Wildman–Crippen LogP) is 4.69. The molecule has 9 heteroatoms. The zero-order chi connectivity index (χ0) is 24.8. The maximum atomic E-state index is 13.0. The van der Waals surface area contributed by atoms with Crippen molar-refractivity contribution >= 4 is 23.2 Å². The molecule has 0 bridgehead atoms. The van der Waals surface area contributed by atoms with Gasteiger partial charge in [-0.05, 0) is 42.5 Å². The van der Waals surface area contributed by atoms with Crippen LogP contribution in [0, 0.1) is 0 Å². The van der Waals surface area contributed by atoms with Crippen molar-refractivity contribution < 1.29 is 27.5 Å². The van der Waals surface area contributed by atoms with E-state index in [-0.39, 0.29) is 24.2 Å². The summed E-state index contributed by atoms with van der Waals surface area (Å²) in [6.07, 6.45) is -4.40. The summed E-state index contributed by atoms with van der Waals surface area (Å²) < 4.78 is 44.7. The first kappa shape index (κ1) is 24.1. The van der Waals surface area contributed by atoms with Crippen LogP contribution in [-0.2, 0) is 11.0 Å². The number of nitrogens with one attached hydrogen (secondary N) is 1. The molecule has 0 aromatic heterocycles. The van der Waals surface area contributed by atoms with Crippen LogP contribution in [0.2, 0.25) is 0 Å². The third-order valence-corrected chi connectivity index (χ3v) is 5.69. The number of piperazine rings is 1. The summed E-state index contributed by atoms with van der Waals surface area (Å²) in [5.74, 6) is -0.321. The highest BCUT2D eigenvalue weighted by Crippen LogP contribution is 2.32. The molecule has 1 aliphatic rings. The Morgan fingerprint density at radius 1 is 0.857 bits per heavy atom. The Bertz CT molecular complexity index is 1180. The number of hydrogen-bond donors (Lipinski definition) is 1. The van der Waals surface area contributed by atoms with E-state index in [2.05, 4.69) is 5.32 Å². The molecule has 3 aromatic carbocycles. The van der Waals surface area contributed by atoms with Crippen molar-refractivity contribution in [1.29, 1.82) is 0 Å². The first-order valence-corrected chi connectivity index (χ1v) is 11.1. The monoisotopic (exact) mass is 483 g/mol. The van der Waals surface area contributed by atoms with E-state index in [1.165, 1.54) is 6.07 Å². The van der Waals surface area contributed by atoms with Crippen molar-refractivity contribution in [3.63, 3.8) is 0 Å². The number of nitrogens with zero attached hydrogens (tertiary/aromatic N) is 2. The van der Waals surface area contributed by atoms with Crippen LogP contribution in [0.1, 0.15) is 15.9 Å². The summed E-state index contributed by atoms with van der Waals surface area (Å²) in [4.78, 5) is 28.8. The van der Waals surface area contributed by atoms with Crippen molar-refractivity contribution in [3.8, 4) is 5.75 Å². The quantitative estimate of drug-likeness (QED) is 0.553. The molecule has 0 radical (unpaired) electrons. The fourth-order valence-electron chi connectivity index (χ4n) is 3.82. The summed E-state index contributed by atoms with van der Waals surface area (Å²) in [5, 5.41) is 2.79. The molecular formula is C26H24F3N3O3. The van der Waals surface area contributed by atoms with E-state index in [1.807, 2.05) is 23.1 Å². The van der Waals surface area contributed by atoms with Gasteiger partial charge in [0.1, 0.15) is 5.75 Å². The third kappa shape index (κ3) is 6.11. The molecule has 2 amide bonds. The number of ether oxygens (including phenoxy) is 1. The predicted molar refractivity (Wildman–Crippen MR) is 127 cm³/mol. The lowest BCUT2D eigenvalue weighted by Crippen LogP contribution is -2.50. The maximum Gasteiger partial charge on any atom is 0.416 e. The lowest BCUT2D eigenvalue weighted by Gasteiger charge is -2.36. The lowest BCUT2D eigenvalue weighted by atomic mass is 10.1. The van der Waals surface area contributed by atoms with E-state index in [0.717, 1.165) is 12.1 Å². The molecular weight excluding hydrogens is 459 g/mol. The highest BCUT2D eigenvalue weighted by molar-refractivity contribution is 6.06. The van der Waals surface area contributed by atoms with Gasteiger partial charge in [-0.1, -0.05) is 36.4 Å². The fraction of sp³-hybridized carbons (Fsp3) is 0.231. The van der Waals surface area contributed by atoms with Crippen LogP contribution >= 0.6 is 0 Å². The van der Waals surface area contributed by atoms with Crippen molar-refractivity contribution in [1.82, 2.24) is 4.90 Å². The minimum Gasteiger partial charge on any atom is -0.483 e.